The number of rotatable bonds is 5. The number of anilines is 1. The molecule has 0 saturated carbocycles. The molecule has 2 aromatic rings. The SMILES string of the molecule is CCc1nn(C)cc1CNc1cnn(C(C)C)c1. The van der Waals surface area contributed by atoms with E-state index < -0.39 is 0 Å². The van der Waals surface area contributed by atoms with E-state index in [4.69, 9.17) is 0 Å². The summed E-state index contributed by atoms with van der Waals surface area (Å²) >= 11 is 0. The van der Waals surface area contributed by atoms with Crippen LogP contribution in [-0.2, 0) is 20.0 Å². The van der Waals surface area contributed by atoms with Gasteiger partial charge < -0.3 is 5.32 Å². The lowest BCUT2D eigenvalue weighted by molar-refractivity contribution is 0.532. The van der Waals surface area contributed by atoms with E-state index >= 15 is 0 Å². The molecule has 5 heteroatoms. The lowest BCUT2D eigenvalue weighted by Crippen LogP contribution is -2.01. The number of aromatic nitrogens is 4. The summed E-state index contributed by atoms with van der Waals surface area (Å²) in [5.74, 6) is 0. The zero-order valence-corrected chi connectivity index (χ0v) is 11.5. The van der Waals surface area contributed by atoms with Crippen LogP contribution >= 0.6 is 0 Å². The van der Waals surface area contributed by atoms with Crippen LogP contribution in [0.15, 0.2) is 18.6 Å². The maximum atomic E-state index is 4.43. The van der Waals surface area contributed by atoms with E-state index in [0.717, 1.165) is 24.3 Å². The summed E-state index contributed by atoms with van der Waals surface area (Å²) in [6.45, 7) is 7.16. The second-order valence-electron chi connectivity index (χ2n) is 4.78. The van der Waals surface area contributed by atoms with Gasteiger partial charge in [0.25, 0.3) is 0 Å². The number of nitrogens with one attached hydrogen (secondary N) is 1. The molecule has 98 valence electrons. The molecular weight excluding hydrogens is 226 g/mol. The molecule has 0 spiro atoms. The van der Waals surface area contributed by atoms with Gasteiger partial charge in [-0.2, -0.15) is 10.2 Å². The Balaban J connectivity index is 2.01. The van der Waals surface area contributed by atoms with Crippen LogP contribution < -0.4 is 5.32 Å². The number of aryl methyl sites for hydroxylation is 2. The second-order valence-corrected chi connectivity index (χ2v) is 4.78. The van der Waals surface area contributed by atoms with Crippen molar-refractivity contribution in [2.45, 2.75) is 39.8 Å². The maximum Gasteiger partial charge on any atom is 0.0729 e. The van der Waals surface area contributed by atoms with Gasteiger partial charge in [0.1, 0.15) is 0 Å². The molecular formula is C13H21N5. The van der Waals surface area contributed by atoms with E-state index in [2.05, 4.69) is 42.5 Å². The Bertz CT molecular complexity index is 509. The van der Waals surface area contributed by atoms with Gasteiger partial charge >= 0.3 is 0 Å². The number of nitrogens with zero attached hydrogens (tertiary/aromatic N) is 4. The van der Waals surface area contributed by atoms with Crippen molar-refractivity contribution >= 4 is 5.69 Å². The molecule has 0 atom stereocenters. The molecule has 0 saturated heterocycles. The first-order valence-corrected chi connectivity index (χ1v) is 6.39. The Morgan fingerprint density at radius 3 is 2.72 bits per heavy atom. The molecule has 5 nitrogen and oxygen atoms in total. The summed E-state index contributed by atoms with van der Waals surface area (Å²) in [5.41, 5.74) is 3.45. The highest BCUT2D eigenvalue weighted by Gasteiger charge is 2.06. The molecule has 0 aliphatic rings. The third-order valence-corrected chi connectivity index (χ3v) is 2.94. The Hall–Kier alpha value is -1.78. The molecule has 2 rings (SSSR count). The molecule has 0 aliphatic heterocycles. The van der Waals surface area contributed by atoms with E-state index in [9.17, 15) is 0 Å². The van der Waals surface area contributed by atoms with Gasteiger partial charge in [-0.15, -0.1) is 0 Å². The molecule has 1 N–H and O–H groups in total. The van der Waals surface area contributed by atoms with Crippen molar-refractivity contribution in [2.24, 2.45) is 7.05 Å². The van der Waals surface area contributed by atoms with Crippen LogP contribution in [0.25, 0.3) is 0 Å². The first-order valence-electron chi connectivity index (χ1n) is 6.39. The van der Waals surface area contributed by atoms with Crippen molar-refractivity contribution in [1.29, 1.82) is 0 Å². The van der Waals surface area contributed by atoms with E-state index in [-0.39, 0.29) is 0 Å². The van der Waals surface area contributed by atoms with Crippen LogP contribution in [0.1, 0.15) is 38.1 Å². The normalized spacial score (nSPS) is 11.2. The average Bonchev–Trinajstić information content (AvgIpc) is 2.92. The molecule has 0 bridgehead atoms. The molecule has 0 aliphatic carbocycles. The lowest BCUT2D eigenvalue weighted by atomic mass is 10.2. The molecule has 0 fully saturated rings. The predicted octanol–water partition coefficient (Wildman–Crippen LogP) is 2.37. The Labute approximate surface area is 108 Å². The summed E-state index contributed by atoms with van der Waals surface area (Å²) in [6, 6.07) is 0.394. The molecule has 18 heavy (non-hydrogen) atoms. The molecule has 0 radical (unpaired) electrons. The summed E-state index contributed by atoms with van der Waals surface area (Å²) < 4.78 is 3.82. The zero-order valence-electron chi connectivity index (χ0n) is 11.5. The second kappa shape index (κ2) is 5.25. The Kier molecular flexibility index (Phi) is 3.69. The van der Waals surface area contributed by atoms with Crippen LogP contribution in [0, 0.1) is 0 Å². The van der Waals surface area contributed by atoms with E-state index in [0.29, 0.717) is 6.04 Å². The molecule has 2 aromatic heterocycles. The third kappa shape index (κ3) is 2.72. The van der Waals surface area contributed by atoms with E-state index in [1.54, 1.807) is 0 Å². The minimum absolute atomic E-state index is 0.394. The standard InChI is InChI=1S/C13H21N5/c1-5-13-11(8-17(4)16-13)6-14-12-7-15-18(9-12)10(2)3/h7-10,14H,5-6H2,1-4H3. The molecule has 2 heterocycles. The predicted molar refractivity (Wildman–Crippen MR) is 72.5 cm³/mol. The first-order chi connectivity index (χ1) is 8.60. The van der Waals surface area contributed by atoms with Crippen molar-refractivity contribution in [3.63, 3.8) is 0 Å². The largest absolute Gasteiger partial charge is 0.378 e. The van der Waals surface area contributed by atoms with Crippen molar-refractivity contribution in [1.82, 2.24) is 19.6 Å². The third-order valence-electron chi connectivity index (χ3n) is 2.94. The van der Waals surface area contributed by atoms with Crippen LogP contribution in [0.4, 0.5) is 5.69 Å². The van der Waals surface area contributed by atoms with Crippen molar-refractivity contribution < 1.29 is 0 Å². The fraction of sp³-hybridized carbons (Fsp3) is 0.538. The van der Waals surface area contributed by atoms with Crippen LogP contribution in [0.5, 0.6) is 0 Å². The van der Waals surface area contributed by atoms with Crippen molar-refractivity contribution in [3.05, 3.63) is 29.8 Å². The van der Waals surface area contributed by atoms with Crippen LogP contribution in [-0.4, -0.2) is 19.6 Å². The van der Waals surface area contributed by atoms with Gasteiger partial charge in [-0.25, -0.2) is 0 Å². The van der Waals surface area contributed by atoms with Gasteiger partial charge in [0.05, 0.1) is 17.6 Å². The van der Waals surface area contributed by atoms with E-state index in [1.165, 1.54) is 5.56 Å². The van der Waals surface area contributed by atoms with Crippen LogP contribution in [0.2, 0.25) is 0 Å². The Morgan fingerprint density at radius 2 is 2.11 bits per heavy atom. The number of hydrogen-bond acceptors (Lipinski definition) is 3. The molecule has 0 aromatic carbocycles. The molecule has 0 amide bonds. The van der Waals surface area contributed by atoms with Gasteiger partial charge in [-0.1, -0.05) is 6.92 Å². The number of hydrogen-bond donors (Lipinski definition) is 1. The first kappa shape index (κ1) is 12.7. The highest BCUT2D eigenvalue weighted by atomic mass is 15.3. The summed E-state index contributed by atoms with van der Waals surface area (Å²) in [4.78, 5) is 0. The topological polar surface area (TPSA) is 47.7 Å². The minimum atomic E-state index is 0.394. The molecule has 0 unspecified atom stereocenters. The zero-order chi connectivity index (χ0) is 13.1. The summed E-state index contributed by atoms with van der Waals surface area (Å²) in [7, 11) is 1.96. The highest BCUT2D eigenvalue weighted by Crippen LogP contribution is 2.13. The minimum Gasteiger partial charge on any atom is -0.378 e. The van der Waals surface area contributed by atoms with Crippen molar-refractivity contribution in [2.75, 3.05) is 5.32 Å². The fourth-order valence-electron chi connectivity index (χ4n) is 1.94. The van der Waals surface area contributed by atoms with Crippen LogP contribution in [0.3, 0.4) is 0 Å². The van der Waals surface area contributed by atoms with Gasteiger partial charge in [-0.05, 0) is 20.3 Å². The Morgan fingerprint density at radius 1 is 1.33 bits per heavy atom. The quantitative estimate of drug-likeness (QED) is 0.882. The maximum absolute atomic E-state index is 4.43. The lowest BCUT2D eigenvalue weighted by Gasteiger charge is -2.04. The smallest absolute Gasteiger partial charge is 0.0729 e. The van der Waals surface area contributed by atoms with Gasteiger partial charge in [-0.3, -0.25) is 9.36 Å². The van der Waals surface area contributed by atoms with Gasteiger partial charge in [0.2, 0.25) is 0 Å². The summed E-state index contributed by atoms with van der Waals surface area (Å²) in [6.07, 6.45) is 6.93. The van der Waals surface area contributed by atoms with Crippen molar-refractivity contribution in [3.8, 4) is 0 Å². The highest BCUT2D eigenvalue weighted by molar-refractivity contribution is 5.39. The van der Waals surface area contributed by atoms with Gasteiger partial charge in [0.15, 0.2) is 0 Å². The average molecular weight is 247 g/mol. The summed E-state index contributed by atoms with van der Waals surface area (Å²) in [5, 5.41) is 12.1. The van der Waals surface area contributed by atoms with Gasteiger partial charge in [0, 0.05) is 37.6 Å². The fourth-order valence-corrected chi connectivity index (χ4v) is 1.94. The monoisotopic (exact) mass is 247 g/mol. The van der Waals surface area contributed by atoms with E-state index in [1.807, 2.05) is 28.8 Å².